The lowest BCUT2D eigenvalue weighted by Gasteiger charge is -2.42. The molecule has 33 heavy (non-hydrogen) atoms. The molecular formula is C24H34N6O3. The van der Waals surface area contributed by atoms with Gasteiger partial charge in [-0.25, -0.2) is 14.8 Å². The molecule has 1 N–H and O–H groups in total. The molecule has 1 atom stereocenters. The Morgan fingerprint density at radius 3 is 2.67 bits per heavy atom. The largest absolute Gasteiger partial charge is 0.493 e. The van der Waals surface area contributed by atoms with E-state index in [2.05, 4.69) is 16.3 Å². The van der Waals surface area contributed by atoms with E-state index in [0.717, 1.165) is 48.6 Å². The van der Waals surface area contributed by atoms with Crippen molar-refractivity contribution in [3.63, 3.8) is 0 Å². The molecule has 9 nitrogen and oxygen atoms in total. The molecule has 178 valence electrons. The third kappa shape index (κ3) is 5.06. The maximum Gasteiger partial charge on any atom is 0.410 e. The number of ether oxygens (including phenoxy) is 2. The maximum atomic E-state index is 12.8. The lowest BCUT2D eigenvalue weighted by atomic mass is 9.91. The molecule has 1 saturated heterocycles. The Morgan fingerprint density at radius 2 is 2.03 bits per heavy atom. The summed E-state index contributed by atoms with van der Waals surface area (Å²) in [6.07, 6.45) is 3.94. The molecule has 1 aromatic rings. The van der Waals surface area contributed by atoms with Crippen LogP contribution in [0.4, 0.5) is 10.6 Å². The number of nitrogens with zero attached hydrogens (tertiary/aromatic N) is 5. The number of carbonyl (C=O) groups excluding carboxylic acids is 1. The van der Waals surface area contributed by atoms with E-state index in [1.54, 1.807) is 12.0 Å². The quantitative estimate of drug-likeness (QED) is 0.693. The summed E-state index contributed by atoms with van der Waals surface area (Å²) in [6.45, 7) is 8.77. The molecule has 0 bridgehead atoms. The van der Waals surface area contributed by atoms with Crippen LogP contribution < -0.4 is 10.2 Å². The SMILES string of the molecule is COC(=C1CCC1)c1nc2c(c(N3CCN(C(=O)OC(C)(C)C)C(CC#N)C3)n1)CCNC2. The minimum absolute atomic E-state index is 0.241. The number of piperazine rings is 1. The van der Waals surface area contributed by atoms with Gasteiger partial charge in [-0.05, 0) is 58.6 Å². The van der Waals surface area contributed by atoms with Gasteiger partial charge in [-0.3, -0.25) is 0 Å². The number of anilines is 1. The Bertz CT molecular complexity index is 972. The Balaban J connectivity index is 1.65. The van der Waals surface area contributed by atoms with Crippen LogP contribution in [-0.4, -0.2) is 65.9 Å². The van der Waals surface area contributed by atoms with Gasteiger partial charge in [0.15, 0.2) is 11.6 Å². The van der Waals surface area contributed by atoms with Gasteiger partial charge < -0.3 is 24.6 Å². The molecule has 1 amide bonds. The highest BCUT2D eigenvalue weighted by Gasteiger charge is 2.35. The van der Waals surface area contributed by atoms with Crippen molar-refractivity contribution in [2.45, 2.75) is 71.1 Å². The number of hydrogen-bond acceptors (Lipinski definition) is 8. The van der Waals surface area contributed by atoms with Crippen LogP contribution in [0.5, 0.6) is 0 Å². The molecule has 9 heteroatoms. The number of fused-ring (bicyclic) bond motifs is 1. The van der Waals surface area contributed by atoms with Crippen molar-refractivity contribution >= 4 is 17.7 Å². The van der Waals surface area contributed by atoms with E-state index in [0.29, 0.717) is 32.0 Å². The van der Waals surface area contributed by atoms with Crippen molar-refractivity contribution in [2.75, 3.05) is 38.2 Å². The molecule has 1 aromatic heterocycles. The molecule has 4 rings (SSSR count). The highest BCUT2D eigenvalue weighted by molar-refractivity contribution is 5.69. The van der Waals surface area contributed by atoms with E-state index in [4.69, 9.17) is 19.4 Å². The van der Waals surface area contributed by atoms with Crippen molar-refractivity contribution in [1.29, 1.82) is 5.26 Å². The molecule has 1 aliphatic carbocycles. The molecule has 0 aromatic carbocycles. The second kappa shape index (κ2) is 9.56. The van der Waals surface area contributed by atoms with Crippen molar-refractivity contribution in [1.82, 2.24) is 20.2 Å². The average Bonchev–Trinajstić information content (AvgIpc) is 2.74. The van der Waals surface area contributed by atoms with Crippen molar-refractivity contribution in [2.24, 2.45) is 0 Å². The van der Waals surface area contributed by atoms with Crippen LogP contribution in [0.1, 0.15) is 63.5 Å². The fraction of sp³-hybridized carbons (Fsp3) is 0.667. The molecule has 1 saturated carbocycles. The van der Waals surface area contributed by atoms with Gasteiger partial charge in [0.25, 0.3) is 0 Å². The van der Waals surface area contributed by atoms with E-state index in [1.165, 1.54) is 12.0 Å². The maximum absolute atomic E-state index is 12.8. The predicted octanol–water partition coefficient (Wildman–Crippen LogP) is 3.00. The zero-order valence-corrected chi connectivity index (χ0v) is 20.1. The number of amides is 1. The van der Waals surface area contributed by atoms with Crippen LogP contribution in [0, 0.1) is 11.3 Å². The lowest BCUT2D eigenvalue weighted by Crippen LogP contribution is -2.56. The number of allylic oxidation sites excluding steroid dienone is 1. The number of aromatic nitrogens is 2. The normalized spacial score (nSPS) is 20.5. The monoisotopic (exact) mass is 454 g/mol. The van der Waals surface area contributed by atoms with Crippen LogP contribution in [0.25, 0.3) is 5.76 Å². The average molecular weight is 455 g/mol. The van der Waals surface area contributed by atoms with Gasteiger partial charge in [-0.15, -0.1) is 0 Å². The van der Waals surface area contributed by atoms with Gasteiger partial charge in [-0.2, -0.15) is 5.26 Å². The van der Waals surface area contributed by atoms with Crippen molar-refractivity contribution < 1.29 is 14.3 Å². The molecule has 3 heterocycles. The molecule has 2 fully saturated rings. The van der Waals surface area contributed by atoms with Crippen LogP contribution >= 0.6 is 0 Å². The number of nitrogens with one attached hydrogen (secondary N) is 1. The fourth-order valence-corrected chi connectivity index (χ4v) is 4.57. The number of carbonyl (C=O) groups is 1. The third-order valence-corrected chi connectivity index (χ3v) is 6.34. The summed E-state index contributed by atoms with van der Waals surface area (Å²) < 4.78 is 11.3. The second-order valence-corrected chi connectivity index (χ2v) is 9.85. The summed E-state index contributed by atoms with van der Waals surface area (Å²) in [6, 6.07) is 1.98. The molecule has 0 spiro atoms. The smallest absolute Gasteiger partial charge is 0.410 e. The molecule has 2 aliphatic heterocycles. The Hall–Kier alpha value is -2.86. The minimum atomic E-state index is -0.579. The van der Waals surface area contributed by atoms with Gasteiger partial charge in [0.1, 0.15) is 11.4 Å². The van der Waals surface area contributed by atoms with Gasteiger partial charge >= 0.3 is 6.09 Å². The Kier molecular flexibility index (Phi) is 6.75. The Labute approximate surface area is 195 Å². The first-order valence-electron chi connectivity index (χ1n) is 11.8. The third-order valence-electron chi connectivity index (χ3n) is 6.34. The topological polar surface area (TPSA) is 104 Å². The predicted molar refractivity (Wildman–Crippen MR) is 124 cm³/mol. The molecule has 0 radical (unpaired) electrons. The van der Waals surface area contributed by atoms with E-state index in [1.807, 2.05) is 20.8 Å². The van der Waals surface area contributed by atoms with Crippen molar-refractivity contribution in [3.05, 3.63) is 22.7 Å². The fourth-order valence-electron chi connectivity index (χ4n) is 4.57. The van der Waals surface area contributed by atoms with Crippen molar-refractivity contribution in [3.8, 4) is 6.07 Å². The summed E-state index contributed by atoms with van der Waals surface area (Å²) in [4.78, 5) is 26.5. The first-order valence-corrected chi connectivity index (χ1v) is 11.8. The number of methoxy groups -OCH3 is 1. The summed E-state index contributed by atoms with van der Waals surface area (Å²) in [5.41, 5.74) is 2.84. The summed E-state index contributed by atoms with van der Waals surface area (Å²) in [7, 11) is 1.68. The van der Waals surface area contributed by atoms with E-state index < -0.39 is 5.60 Å². The minimum Gasteiger partial charge on any atom is -0.493 e. The van der Waals surface area contributed by atoms with E-state index in [9.17, 15) is 10.1 Å². The standard InChI is InChI=1S/C24H34N6O3/c1-24(2,3)33-23(31)30-13-12-29(15-17(30)8-10-25)22-18-9-11-26-14-19(18)27-21(28-22)20(32-4)16-6-5-7-16/h17,26H,5-9,11-15H2,1-4H3. The second-order valence-electron chi connectivity index (χ2n) is 9.85. The first-order chi connectivity index (χ1) is 15.8. The van der Waals surface area contributed by atoms with Gasteiger partial charge in [-0.1, -0.05) is 0 Å². The van der Waals surface area contributed by atoms with Crippen LogP contribution in [0.15, 0.2) is 5.57 Å². The summed E-state index contributed by atoms with van der Waals surface area (Å²) >= 11 is 0. The molecule has 3 aliphatic rings. The van der Waals surface area contributed by atoms with Crippen LogP contribution in [0.2, 0.25) is 0 Å². The van der Waals surface area contributed by atoms with E-state index >= 15 is 0 Å². The van der Waals surface area contributed by atoms with Gasteiger partial charge in [0.05, 0.1) is 31.3 Å². The van der Waals surface area contributed by atoms with Gasteiger partial charge in [0, 0.05) is 31.7 Å². The number of rotatable bonds is 4. The lowest BCUT2D eigenvalue weighted by molar-refractivity contribution is 0.0145. The van der Waals surface area contributed by atoms with Crippen LogP contribution in [-0.2, 0) is 22.4 Å². The first kappa shape index (κ1) is 23.3. The Morgan fingerprint density at radius 1 is 1.24 bits per heavy atom. The highest BCUT2D eigenvalue weighted by Crippen LogP contribution is 2.35. The zero-order valence-electron chi connectivity index (χ0n) is 20.1. The van der Waals surface area contributed by atoms with Crippen LogP contribution in [0.3, 0.4) is 0 Å². The molecular weight excluding hydrogens is 420 g/mol. The summed E-state index contributed by atoms with van der Waals surface area (Å²) in [5, 5.41) is 12.8. The number of nitriles is 1. The van der Waals surface area contributed by atoms with E-state index in [-0.39, 0.29) is 18.6 Å². The number of hydrogen-bond donors (Lipinski definition) is 1. The summed E-state index contributed by atoms with van der Waals surface area (Å²) in [5.74, 6) is 2.32. The van der Waals surface area contributed by atoms with Gasteiger partial charge in [0.2, 0.25) is 0 Å². The highest BCUT2D eigenvalue weighted by atomic mass is 16.6. The molecule has 1 unspecified atom stereocenters. The zero-order chi connectivity index (χ0) is 23.6.